The fraction of sp³-hybridized carbons (Fsp3) is 0.333. The van der Waals surface area contributed by atoms with Crippen LogP contribution in [-0.4, -0.2) is 31.4 Å². The van der Waals surface area contributed by atoms with E-state index in [9.17, 15) is 4.79 Å². The van der Waals surface area contributed by atoms with Crippen LogP contribution >= 0.6 is 15.9 Å². The molecule has 150 valence electrons. The van der Waals surface area contributed by atoms with Crippen LogP contribution in [0.15, 0.2) is 46.0 Å². The highest BCUT2D eigenvalue weighted by molar-refractivity contribution is 9.10. The van der Waals surface area contributed by atoms with Gasteiger partial charge in [0.25, 0.3) is 5.91 Å². The molecule has 2 aromatic carbocycles. The number of carbonyl (C=O) groups excluding carboxylic acids is 1. The van der Waals surface area contributed by atoms with E-state index in [1.54, 1.807) is 12.1 Å². The second-order valence-corrected chi connectivity index (χ2v) is 6.66. The van der Waals surface area contributed by atoms with Gasteiger partial charge < -0.3 is 14.2 Å². The minimum atomic E-state index is -0.362. The van der Waals surface area contributed by atoms with Crippen molar-refractivity contribution < 1.29 is 19.0 Å². The highest BCUT2D eigenvalue weighted by atomic mass is 79.9. The SMILES string of the molecule is CCOc1cc(C(=O)N/N=C(/C)c2cccc(Br)c2)cc(OCC)c1OCC. The summed E-state index contributed by atoms with van der Waals surface area (Å²) in [6.07, 6.45) is 0. The van der Waals surface area contributed by atoms with Crippen LogP contribution in [0, 0.1) is 0 Å². The summed E-state index contributed by atoms with van der Waals surface area (Å²) < 4.78 is 17.9. The van der Waals surface area contributed by atoms with E-state index >= 15 is 0 Å². The summed E-state index contributed by atoms with van der Waals surface area (Å²) in [6, 6.07) is 11.0. The van der Waals surface area contributed by atoms with Gasteiger partial charge in [0.05, 0.1) is 25.5 Å². The lowest BCUT2D eigenvalue weighted by molar-refractivity contribution is 0.0953. The molecule has 1 N–H and O–H groups in total. The summed E-state index contributed by atoms with van der Waals surface area (Å²) in [4.78, 5) is 12.7. The first-order valence-corrected chi connectivity index (χ1v) is 9.96. The van der Waals surface area contributed by atoms with Crippen LogP contribution in [0.1, 0.15) is 43.6 Å². The quantitative estimate of drug-likeness (QED) is 0.441. The predicted molar refractivity (Wildman–Crippen MR) is 114 cm³/mol. The minimum absolute atomic E-state index is 0.362. The van der Waals surface area contributed by atoms with Gasteiger partial charge in [0.15, 0.2) is 11.5 Å². The molecule has 1 amide bonds. The number of benzene rings is 2. The molecule has 2 rings (SSSR count). The van der Waals surface area contributed by atoms with Crippen LogP contribution in [0.4, 0.5) is 0 Å². The normalized spacial score (nSPS) is 11.1. The molecule has 0 aliphatic rings. The van der Waals surface area contributed by atoms with Crippen molar-refractivity contribution in [1.29, 1.82) is 0 Å². The second-order valence-electron chi connectivity index (χ2n) is 5.75. The van der Waals surface area contributed by atoms with E-state index in [2.05, 4.69) is 26.5 Å². The molecule has 0 saturated carbocycles. The summed E-state index contributed by atoms with van der Waals surface area (Å²) in [5.41, 5.74) is 4.56. The molecule has 6 nitrogen and oxygen atoms in total. The van der Waals surface area contributed by atoms with Crippen LogP contribution in [0.5, 0.6) is 17.2 Å². The maximum atomic E-state index is 12.7. The topological polar surface area (TPSA) is 69.2 Å². The fourth-order valence-electron chi connectivity index (χ4n) is 2.50. The highest BCUT2D eigenvalue weighted by Gasteiger charge is 2.18. The molecule has 28 heavy (non-hydrogen) atoms. The van der Waals surface area contributed by atoms with Crippen molar-refractivity contribution in [1.82, 2.24) is 5.43 Å². The summed E-state index contributed by atoms with van der Waals surface area (Å²) in [6.45, 7) is 8.79. The van der Waals surface area contributed by atoms with Crippen LogP contribution in [0.25, 0.3) is 0 Å². The average molecular weight is 449 g/mol. The highest BCUT2D eigenvalue weighted by Crippen LogP contribution is 2.39. The zero-order chi connectivity index (χ0) is 20.5. The Hall–Kier alpha value is -2.54. The molecule has 0 spiro atoms. The van der Waals surface area contributed by atoms with E-state index in [-0.39, 0.29) is 5.91 Å². The first-order chi connectivity index (χ1) is 13.5. The second kappa shape index (κ2) is 10.7. The molecule has 0 aromatic heterocycles. The third-order valence-electron chi connectivity index (χ3n) is 3.74. The molecular weight excluding hydrogens is 424 g/mol. The van der Waals surface area contributed by atoms with Crippen molar-refractivity contribution in [2.45, 2.75) is 27.7 Å². The molecule has 0 aliphatic carbocycles. The Morgan fingerprint density at radius 2 is 1.57 bits per heavy atom. The van der Waals surface area contributed by atoms with Crippen LogP contribution < -0.4 is 19.6 Å². The minimum Gasteiger partial charge on any atom is -0.490 e. The average Bonchev–Trinajstić information content (AvgIpc) is 2.68. The molecule has 0 saturated heterocycles. The van der Waals surface area contributed by atoms with Gasteiger partial charge in [0, 0.05) is 10.0 Å². The molecule has 7 heteroatoms. The van der Waals surface area contributed by atoms with Crippen molar-refractivity contribution >= 4 is 27.5 Å². The standard InChI is InChI=1S/C21H25BrN2O4/c1-5-26-18-12-16(13-19(27-6-2)20(18)28-7-3)21(25)24-23-14(4)15-9-8-10-17(22)11-15/h8-13H,5-7H2,1-4H3,(H,24,25)/b23-14-. The molecule has 0 bridgehead atoms. The summed E-state index contributed by atoms with van der Waals surface area (Å²) in [5.74, 6) is 1.07. The lowest BCUT2D eigenvalue weighted by Crippen LogP contribution is -2.20. The van der Waals surface area contributed by atoms with Crippen molar-refractivity contribution in [3.8, 4) is 17.2 Å². The molecule has 0 aliphatic heterocycles. The summed E-state index contributed by atoms with van der Waals surface area (Å²) in [7, 11) is 0. The first-order valence-electron chi connectivity index (χ1n) is 9.17. The van der Waals surface area contributed by atoms with Gasteiger partial charge in [-0.3, -0.25) is 4.79 Å². The molecule has 2 aromatic rings. The Bertz CT molecular complexity index is 825. The van der Waals surface area contributed by atoms with Crippen LogP contribution in [-0.2, 0) is 0 Å². The molecule has 0 radical (unpaired) electrons. The maximum Gasteiger partial charge on any atom is 0.271 e. The number of nitrogens with one attached hydrogen (secondary N) is 1. The maximum absolute atomic E-state index is 12.7. The smallest absolute Gasteiger partial charge is 0.271 e. The fourth-order valence-corrected chi connectivity index (χ4v) is 2.90. The van der Waals surface area contributed by atoms with Gasteiger partial charge in [0.1, 0.15) is 0 Å². The zero-order valence-corrected chi connectivity index (χ0v) is 18.1. The van der Waals surface area contributed by atoms with Crippen molar-refractivity contribution in [2.24, 2.45) is 5.10 Å². The van der Waals surface area contributed by atoms with Gasteiger partial charge in [-0.2, -0.15) is 5.10 Å². The Labute approximate surface area is 174 Å². The summed E-state index contributed by atoms with van der Waals surface area (Å²) >= 11 is 3.43. The van der Waals surface area contributed by atoms with Crippen molar-refractivity contribution in [3.63, 3.8) is 0 Å². The third-order valence-corrected chi connectivity index (χ3v) is 4.23. The van der Waals surface area contributed by atoms with Crippen LogP contribution in [0.2, 0.25) is 0 Å². The first kappa shape index (κ1) is 21.8. The van der Waals surface area contributed by atoms with Crippen molar-refractivity contribution in [3.05, 3.63) is 52.0 Å². The molecular formula is C21H25BrN2O4. The number of hydrazone groups is 1. The molecule has 0 fully saturated rings. The lowest BCUT2D eigenvalue weighted by atomic mass is 10.1. The zero-order valence-electron chi connectivity index (χ0n) is 16.5. The largest absolute Gasteiger partial charge is 0.490 e. The van der Waals surface area contributed by atoms with E-state index in [1.807, 2.05) is 52.0 Å². The summed E-state index contributed by atoms with van der Waals surface area (Å²) in [5, 5.41) is 4.21. The van der Waals surface area contributed by atoms with Gasteiger partial charge in [-0.25, -0.2) is 5.43 Å². The van der Waals surface area contributed by atoms with Gasteiger partial charge >= 0.3 is 0 Å². The number of nitrogens with zero attached hydrogens (tertiary/aromatic N) is 1. The van der Waals surface area contributed by atoms with Gasteiger partial charge in [0.2, 0.25) is 5.75 Å². The number of ether oxygens (including phenoxy) is 3. The van der Waals surface area contributed by atoms with E-state index in [4.69, 9.17) is 14.2 Å². The van der Waals surface area contributed by atoms with Gasteiger partial charge in [-0.1, -0.05) is 28.1 Å². The third kappa shape index (κ3) is 5.73. The van der Waals surface area contributed by atoms with E-state index in [0.29, 0.717) is 48.3 Å². The van der Waals surface area contributed by atoms with Gasteiger partial charge in [-0.15, -0.1) is 0 Å². The molecule has 0 atom stereocenters. The van der Waals surface area contributed by atoms with E-state index in [1.165, 1.54) is 0 Å². The Morgan fingerprint density at radius 3 is 2.11 bits per heavy atom. The Kier molecular flexibility index (Phi) is 8.32. The number of amides is 1. The number of hydrogen-bond donors (Lipinski definition) is 1. The number of carbonyl (C=O) groups is 1. The Balaban J connectivity index is 2.29. The monoisotopic (exact) mass is 448 g/mol. The Morgan fingerprint density at radius 1 is 0.964 bits per heavy atom. The van der Waals surface area contributed by atoms with E-state index < -0.39 is 0 Å². The number of halogens is 1. The number of rotatable bonds is 9. The van der Waals surface area contributed by atoms with E-state index in [0.717, 1.165) is 10.0 Å². The molecule has 0 unspecified atom stereocenters. The molecule has 0 heterocycles. The number of hydrogen-bond acceptors (Lipinski definition) is 5. The van der Waals surface area contributed by atoms with Crippen molar-refractivity contribution in [2.75, 3.05) is 19.8 Å². The van der Waals surface area contributed by atoms with Gasteiger partial charge in [-0.05, 0) is 57.5 Å². The van der Waals surface area contributed by atoms with Crippen LogP contribution in [0.3, 0.4) is 0 Å². The predicted octanol–water partition coefficient (Wildman–Crippen LogP) is 4.80. The lowest BCUT2D eigenvalue weighted by Gasteiger charge is -2.16.